The summed E-state index contributed by atoms with van der Waals surface area (Å²) >= 11 is 0. The molecule has 2 N–H and O–H groups in total. The van der Waals surface area contributed by atoms with Crippen molar-refractivity contribution in [3.8, 4) is 6.07 Å². The Morgan fingerprint density at radius 1 is 1.50 bits per heavy atom. The first kappa shape index (κ1) is 12.3. The first-order chi connectivity index (χ1) is 8.51. The normalized spacial score (nSPS) is 22.8. The van der Waals surface area contributed by atoms with E-state index < -0.39 is 24.1 Å². The molecule has 1 fully saturated rings. The Bertz CT molecular complexity index is 527. The van der Waals surface area contributed by atoms with Crippen molar-refractivity contribution in [1.82, 2.24) is 4.90 Å². The molecule has 2 atom stereocenters. The summed E-state index contributed by atoms with van der Waals surface area (Å²) in [4.78, 5) is 12.1. The van der Waals surface area contributed by atoms with Crippen LogP contribution < -0.4 is 0 Å². The number of amides is 1. The van der Waals surface area contributed by atoms with Crippen molar-refractivity contribution in [2.45, 2.75) is 18.6 Å². The molecule has 0 unspecified atom stereocenters. The van der Waals surface area contributed by atoms with Gasteiger partial charge in [-0.15, -0.1) is 0 Å². The van der Waals surface area contributed by atoms with E-state index in [1.165, 1.54) is 12.1 Å². The van der Waals surface area contributed by atoms with Crippen LogP contribution in [0.5, 0.6) is 0 Å². The molecule has 94 valence electrons. The first-order valence-electron chi connectivity index (χ1n) is 5.39. The number of hydrogen-bond donors (Lipinski definition) is 2. The molecule has 1 aromatic carbocycles. The maximum Gasteiger partial charge on any atom is 0.407 e. The first-order valence-corrected chi connectivity index (χ1v) is 5.39. The number of β-amino-alcohol motifs (C(OH)–C–C–N with tert-alkyl or cyclic N) is 1. The second-order valence-corrected chi connectivity index (χ2v) is 4.23. The highest BCUT2D eigenvalue weighted by molar-refractivity contribution is 5.66. The predicted molar refractivity (Wildman–Crippen MR) is 59.2 cm³/mol. The number of benzene rings is 1. The average molecular weight is 250 g/mol. The Labute approximate surface area is 103 Å². The number of hydrogen-bond acceptors (Lipinski definition) is 3. The zero-order valence-corrected chi connectivity index (χ0v) is 9.38. The molecule has 0 radical (unpaired) electrons. The lowest BCUT2D eigenvalue weighted by atomic mass is 10.0. The van der Waals surface area contributed by atoms with Crippen molar-refractivity contribution in [3.05, 3.63) is 35.1 Å². The van der Waals surface area contributed by atoms with Crippen LogP contribution in [-0.4, -0.2) is 33.9 Å². The quantitative estimate of drug-likeness (QED) is 0.790. The van der Waals surface area contributed by atoms with Crippen molar-refractivity contribution in [2.75, 3.05) is 6.54 Å². The third-order valence-electron chi connectivity index (χ3n) is 2.96. The molecule has 0 saturated carbocycles. The van der Waals surface area contributed by atoms with Gasteiger partial charge in [0.25, 0.3) is 0 Å². The van der Waals surface area contributed by atoms with E-state index in [0.717, 1.165) is 11.0 Å². The molecule has 0 bridgehead atoms. The van der Waals surface area contributed by atoms with Gasteiger partial charge >= 0.3 is 6.09 Å². The number of carboxylic acid groups (broad SMARTS) is 1. The number of aliphatic hydroxyl groups is 1. The summed E-state index contributed by atoms with van der Waals surface area (Å²) < 4.78 is 13.3. The summed E-state index contributed by atoms with van der Waals surface area (Å²) in [5.74, 6) is -0.587. The van der Waals surface area contributed by atoms with Crippen LogP contribution in [0.3, 0.4) is 0 Å². The second kappa shape index (κ2) is 4.63. The SMILES string of the molecule is N#Cc1cc(F)cc([C@@H]2C[C@@H](O)CN2C(=O)O)c1. The van der Waals surface area contributed by atoms with E-state index in [1.807, 2.05) is 6.07 Å². The molecule has 0 spiro atoms. The Balaban J connectivity index is 2.38. The van der Waals surface area contributed by atoms with Crippen LogP contribution in [-0.2, 0) is 0 Å². The Morgan fingerprint density at radius 3 is 2.83 bits per heavy atom. The summed E-state index contributed by atoms with van der Waals surface area (Å²) in [6.45, 7) is -0.00159. The fourth-order valence-corrected chi connectivity index (χ4v) is 2.21. The topological polar surface area (TPSA) is 84.6 Å². The minimum Gasteiger partial charge on any atom is -0.465 e. The molecule has 1 aliphatic rings. The number of halogens is 1. The van der Waals surface area contributed by atoms with Crippen LogP contribution in [0.1, 0.15) is 23.6 Å². The summed E-state index contributed by atoms with van der Waals surface area (Å²) in [7, 11) is 0. The van der Waals surface area contributed by atoms with Gasteiger partial charge in [-0.25, -0.2) is 9.18 Å². The van der Waals surface area contributed by atoms with Gasteiger partial charge in [0.2, 0.25) is 0 Å². The van der Waals surface area contributed by atoms with Crippen LogP contribution in [0.4, 0.5) is 9.18 Å². The van der Waals surface area contributed by atoms with E-state index in [4.69, 9.17) is 10.4 Å². The van der Waals surface area contributed by atoms with Gasteiger partial charge in [-0.05, 0) is 30.2 Å². The summed E-state index contributed by atoms with van der Waals surface area (Å²) in [5.41, 5.74) is 0.530. The number of carbonyl (C=O) groups is 1. The number of aliphatic hydroxyl groups excluding tert-OH is 1. The number of nitriles is 1. The van der Waals surface area contributed by atoms with Crippen LogP contribution in [0.15, 0.2) is 18.2 Å². The van der Waals surface area contributed by atoms with Crippen molar-refractivity contribution >= 4 is 6.09 Å². The van der Waals surface area contributed by atoms with E-state index in [-0.39, 0.29) is 18.5 Å². The number of nitrogens with zero attached hydrogens (tertiary/aromatic N) is 2. The molecule has 1 heterocycles. The lowest BCUT2D eigenvalue weighted by Gasteiger charge is -2.21. The maximum atomic E-state index is 13.3. The molecule has 0 aromatic heterocycles. The van der Waals surface area contributed by atoms with Crippen molar-refractivity contribution in [2.24, 2.45) is 0 Å². The van der Waals surface area contributed by atoms with Crippen LogP contribution in [0.25, 0.3) is 0 Å². The highest BCUT2D eigenvalue weighted by atomic mass is 19.1. The molecule has 1 saturated heterocycles. The van der Waals surface area contributed by atoms with Gasteiger partial charge in [-0.1, -0.05) is 0 Å². The fraction of sp³-hybridized carbons (Fsp3) is 0.333. The molecule has 18 heavy (non-hydrogen) atoms. The lowest BCUT2D eigenvalue weighted by Crippen LogP contribution is -2.30. The highest BCUT2D eigenvalue weighted by Gasteiger charge is 2.35. The maximum absolute atomic E-state index is 13.3. The van der Waals surface area contributed by atoms with Gasteiger partial charge in [0, 0.05) is 0 Å². The number of likely N-dealkylation sites (tertiary alicyclic amines) is 1. The molecular weight excluding hydrogens is 239 g/mol. The molecule has 1 aliphatic heterocycles. The Kier molecular flexibility index (Phi) is 3.17. The van der Waals surface area contributed by atoms with Crippen molar-refractivity contribution < 1.29 is 19.4 Å². The minimum absolute atomic E-state index is 0.00159. The molecule has 5 nitrogen and oxygen atoms in total. The van der Waals surface area contributed by atoms with Gasteiger partial charge in [0.05, 0.1) is 30.3 Å². The van der Waals surface area contributed by atoms with E-state index in [0.29, 0.717) is 5.56 Å². The third kappa shape index (κ3) is 2.26. The predicted octanol–water partition coefficient (Wildman–Crippen LogP) is 1.48. The molecule has 1 amide bonds. The van der Waals surface area contributed by atoms with E-state index in [9.17, 15) is 14.3 Å². The molecule has 0 aliphatic carbocycles. The fourth-order valence-electron chi connectivity index (χ4n) is 2.21. The molecule has 1 aromatic rings. The van der Waals surface area contributed by atoms with E-state index in [2.05, 4.69) is 0 Å². The third-order valence-corrected chi connectivity index (χ3v) is 2.96. The molecule has 6 heteroatoms. The second-order valence-electron chi connectivity index (χ2n) is 4.23. The van der Waals surface area contributed by atoms with Crippen LogP contribution in [0, 0.1) is 17.1 Å². The zero-order chi connectivity index (χ0) is 13.3. The van der Waals surface area contributed by atoms with Gasteiger partial charge in [0.15, 0.2) is 0 Å². The molecular formula is C12H11FN2O3. The summed E-state index contributed by atoms with van der Waals surface area (Å²) in [6.07, 6.45) is -1.72. The molecule has 2 rings (SSSR count). The highest BCUT2D eigenvalue weighted by Crippen LogP contribution is 2.32. The van der Waals surface area contributed by atoms with Gasteiger partial charge in [-0.2, -0.15) is 5.26 Å². The van der Waals surface area contributed by atoms with Crippen molar-refractivity contribution in [1.29, 1.82) is 5.26 Å². The standard InChI is InChI=1S/C12H11FN2O3/c13-9-2-7(5-14)1-8(3-9)11-4-10(16)6-15(11)12(17)18/h1-3,10-11,16H,4,6H2,(H,17,18)/t10-,11+/m1/s1. The smallest absolute Gasteiger partial charge is 0.407 e. The average Bonchev–Trinajstić information content (AvgIpc) is 2.70. The number of rotatable bonds is 1. The van der Waals surface area contributed by atoms with Crippen molar-refractivity contribution in [3.63, 3.8) is 0 Å². The summed E-state index contributed by atoms with van der Waals surface area (Å²) in [6, 6.07) is 4.93. The van der Waals surface area contributed by atoms with Gasteiger partial charge in [-0.3, -0.25) is 4.90 Å². The van der Waals surface area contributed by atoms with E-state index >= 15 is 0 Å². The monoisotopic (exact) mass is 250 g/mol. The Morgan fingerprint density at radius 2 is 2.22 bits per heavy atom. The summed E-state index contributed by atoms with van der Waals surface area (Å²) in [5, 5.41) is 27.3. The van der Waals surface area contributed by atoms with Crippen LogP contribution >= 0.6 is 0 Å². The zero-order valence-electron chi connectivity index (χ0n) is 9.38. The van der Waals surface area contributed by atoms with Gasteiger partial charge < -0.3 is 10.2 Å². The largest absolute Gasteiger partial charge is 0.465 e. The van der Waals surface area contributed by atoms with E-state index in [1.54, 1.807) is 0 Å². The minimum atomic E-state index is -1.17. The van der Waals surface area contributed by atoms with Gasteiger partial charge in [0.1, 0.15) is 5.82 Å². The Hall–Kier alpha value is -2.13. The lowest BCUT2D eigenvalue weighted by molar-refractivity contribution is 0.131. The van der Waals surface area contributed by atoms with Crippen LogP contribution in [0.2, 0.25) is 0 Å².